The average molecular weight is 298 g/mol. The van der Waals surface area contributed by atoms with Crippen LogP contribution in [0.2, 0.25) is 0 Å². The highest BCUT2D eigenvalue weighted by Gasteiger charge is 2.15. The number of nitrogens with one attached hydrogen (secondary N) is 2. The number of anilines is 1. The van der Waals surface area contributed by atoms with Crippen molar-refractivity contribution in [3.63, 3.8) is 0 Å². The second kappa shape index (κ2) is 6.39. The van der Waals surface area contributed by atoms with Crippen LogP contribution in [0.5, 0.6) is 0 Å². The summed E-state index contributed by atoms with van der Waals surface area (Å²) < 4.78 is 31.1. The maximum absolute atomic E-state index is 12.0. The lowest BCUT2D eigenvalue weighted by Gasteiger charge is -2.06. The molecule has 2 rings (SSSR count). The van der Waals surface area contributed by atoms with Crippen LogP contribution in [-0.2, 0) is 16.4 Å². The number of sulfonamides is 1. The Morgan fingerprint density at radius 3 is 2.60 bits per heavy atom. The Hall–Kier alpha value is -2.07. The number of nitrogens with zero attached hydrogens (tertiary/aromatic N) is 4. The van der Waals surface area contributed by atoms with E-state index in [2.05, 4.69) is 30.1 Å². The fourth-order valence-electron chi connectivity index (χ4n) is 1.39. The molecule has 2 N–H and O–H groups in total. The van der Waals surface area contributed by atoms with Crippen LogP contribution in [0.15, 0.2) is 28.1 Å². The Labute approximate surface area is 115 Å². The molecule has 0 aliphatic carbocycles. The van der Waals surface area contributed by atoms with E-state index in [-0.39, 0.29) is 11.4 Å². The Kier molecular flexibility index (Phi) is 4.58. The molecule has 0 saturated carbocycles. The molecule has 0 fully saturated rings. The van der Waals surface area contributed by atoms with Gasteiger partial charge < -0.3 is 9.84 Å². The van der Waals surface area contributed by atoms with Gasteiger partial charge in [0.2, 0.25) is 21.9 Å². The summed E-state index contributed by atoms with van der Waals surface area (Å²) in [5.41, 5.74) is 0. The molecule has 0 atom stereocenters. The van der Waals surface area contributed by atoms with Crippen molar-refractivity contribution in [2.45, 2.75) is 18.2 Å². The molecular weight excluding hydrogens is 284 g/mol. The Bertz CT molecular complexity index is 626. The summed E-state index contributed by atoms with van der Waals surface area (Å²) in [5.74, 6) is 0.753. The fourth-order valence-corrected chi connectivity index (χ4v) is 2.31. The second-order valence-electron chi connectivity index (χ2n) is 3.76. The van der Waals surface area contributed by atoms with Crippen molar-refractivity contribution >= 4 is 16.0 Å². The lowest BCUT2D eigenvalue weighted by molar-refractivity contribution is 0.377. The van der Waals surface area contributed by atoms with E-state index in [0.717, 1.165) is 0 Å². The average Bonchev–Trinajstić information content (AvgIpc) is 2.93. The smallest absolute Gasteiger partial charge is 0.243 e. The molecule has 0 amide bonds. The van der Waals surface area contributed by atoms with Crippen molar-refractivity contribution in [2.24, 2.45) is 0 Å². The number of rotatable bonds is 7. The largest absolute Gasteiger partial charge is 0.355 e. The minimum atomic E-state index is -3.64. The van der Waals surface area contributed by atoms with Crippen LogP contribution in [-0.4, -0.2) is 41.6 Å². The molecule has 9 nitrogen and oxygen atoms in total. The Morgan fingerprint density at radius 2 is 2.00 bits per heavy atom. The molecule has 0 spiro atoms. The van der Waals surface area contributed by atoms with Crippen LogP contribution >= 0.6 is 0 Å². The van der Waals surface area contributed by atoms with Crippen LogP contribution in [0.1, 0.15) is 12.8 Å². The van der Waals surface area contributed by atoms with E-state index in [1.807, 2.05) is 6.92 Å². The lowest BCUT2D eigenvalue weighted by Crippen LogP contribution is -2.26. The zero-order valence-corrected chi connectivity index (χ0v) is 11.6. The summed E-state index contributed by atoms with van der Waals surface area (Å²) in [6, 6.07) is 0. The quantitative estimate of drug-likeness (QED) is 0.721. The Balaban J connectivity index is 1.95. The first-order valence-corrected chi connectivity index (χ1v) is 7.41. The fraction of sp³-hybridized carbons (Fsp3) is 0.400. The summed E-state index contributed by atoms with van der Waals surface area (Å²) in [6.07, 6.45) is 4.08. The maximum atomic E-state index is 12.0. The summed E-state index contributed by atoms with van der Waals surface area (Å²) in [4.78, 5) is 11.6. The van der Waals surface area contributed by atoms with Gasteiger partial charge in [-0.25, -0.2) is 23.1 Å². The highest BCUT2D eigenvalue weighted by Crippen LogP contribution is 2.07. The minimum Gasteiger partial charge on any atom is -0.355 e. The van der Waals surface area contributed by atoms with Gasteiger partial charge in [0.1, 0.15) is 4.90 Å². The monoisotopic (exact) mass is 298 g/mol. The number of hydrogen-bond acceptors (Lipinski definition) is 8. The number of aromatic nitrogens is 4. The van der Waals surface area contributed by atoms with Crippen LogP contribution < -0.4 is 10.0 Å². The third-order valence-electron chi connectivity index (χ3n) is 2.31. The molecule has 0 radical (unpaired) electrons. The van der Waals surface area contributed by atoms with Crippen molar-refractivity contribution in [3.05, 3.63) is 24.6 Å². The molecule has 2 aromatic heterocycles. The van der Waals surface area contributed by atoms with Crippen molar-refractivity contribution < 1.29 is 12.9 Å². The van der Waals surface area contributed by atoms with E-state index in [0.29, 0.717) is 24.8 Å². The molecule has 108 valence electrons. The van der Waals surface area contributed by atoms with Crippen LogP contribution in [0, 0.1) is 0 Å². The first-order chi connectivity index (χ1) is 9.62. The first-order valence-electron chi connectivity index (χ1n) is 5.93. The van der Waals surface area contributed by atoms with Crippen molar-refractivity contribution in [2.75, 3.05) is 18.4 Å². The zero-order chi connectivity index (χ0) is 14.4. The summed E-state index contributed by atoms with van der Waals surface area (Å²) in [7, 11) is -3.64. The highest BCUT2D eigenvalue weighted by molar-refractivity contribution is 7.89. The SMILES string of the molecule is CCNc1ncc(S(=O)(=O)NCCc2ncno2)cn1. The third kappa shape index (κ3) is 3.71. The van der Waals surface area contributed by atoms with Crippen LogP contribution in [0.4, 0.5) is 5.95 Å². The molecule has 0 saturated heterocycles. The van der Waals surface area contributed by atoms with Gasteiger partial charge in [0, 0.05) is 19.5 Å². The zero-order valence-electron chi connectivity index (χ0n) is 10.8. The molecule has 0 aliphatic rings. The molecule has 2 heterocycles. The Morgan fingerprint density at radius 1 is 1.25 bits per heavy atom. The topological polar surface area (TPSA) is 123 Å². The predicted molar refractivity (Wildman–Crippen MR) is 69.4 cm³/mol. The summed E-state index contributed by atoms with van der Waals surface area (Å²) in [5, 5.41) is 6.32. The predicted octanol–water partition coefficient (Wildman–Crippen LogP) is -0.188. The van der Waals surface area contributed by atoms with E-state index >= 15 is 0 Å². The minimum absolute atomic E-state index is 0.00434. The standard InChI is InChI=1S/C10H14N6O3S/c1-2-11-10-12-5-8(6-13-10)20(17,18)16-4-3-9-14-7-15-19-9/h5-7,16H,2-4H2,1H3,(H,11,12,13). The van der Waals surface area contributed by atoms with Gasteiger partial charge in [-0.15, -0.1) is 0 Å². The lowest BCUT2D eigenvalue weighted by atomic mass is 10.4. The molecule has 0 aromatic carbocycles. The van der Waals surface area contributed by atoms with E-state index in [9.17, 15) is 8.42 Å². The summed E-state index contributed by atoms with van der Waals surface area (Å²) >= 11 is 0. The molecule has 0 bridgehead atoms. The normalized spacial score (nSPS) is 11.4. The molecule has 2 aromatic rings. The van der Waals surface area contributed by atoms with Gasteiger partial charge in [0.25, 0.3) is 0 Å². The summed E-state index contributed by atoms with van der Waals surface area (Å²) in [6.45, 7) is 2.71. The van der Waals surface area contributed by atoms with Gasteiger partial charge in [-0.05, 0) is 6.92 Å². The highest BCUT2D eigenvalue weighted by atomic mass is 32.2. The molecule has 20 heavy (non-hydrogen) atoms. The van der Waals surface area contributed by atoms with Crippen LogP contribution in [0.25, 0.3) is 0 Å². The van der Waals surface area contributed by atoms with E-state index in [1.54, 1.807) is 0 Å². The van der Waals surface area contributed by atoms with Gasteiger partial charge >= 0.3 is 0 Å². The van der Waals surface area contributed by atoms with Gasteiger partial charge in [0.05, 0.1) is 12.4 Å². The molecule has 10 heteroatoms. The van der Waals surface area contributed by atoms with Crippen molar-refractivity contribution in [1.29, 1.82) is 0 Å². The van der Waals surface area contributed by atoms with Crippen LogP contribution in [0.3, 0.4) is 0 Å². The van der Waals surface area contributed by atoms with Gasteiger partial charge in [-0.3, -0.25) is 0 Å². The molecule has 0 aliphatic heterocycles. The van der Waals surface area contributed by atoms with Gasteiger partial charge in [0.15, 0.2) is 6.33 Å². The molecular formula is C10H14N6O3S. The van der Waals surface area contributed by atoms with E-state index in [1.165, 1.54) is 18.7 Å². The second-order valence-corrected chi connectivity index (χ2v) is 5.52. The maximum Gasteiger partial charge on any atom is 0.243 e. The third-order valence-corrected chi connectivity index (χ3v) is 3.73. The van der Waals surface area contributed by atoms with E-state index < -0.39 is 10.0 Å². The first kappa shape index (κ1) is 14.3. The molecule has 0 unspecified atom stereocenters. The van der Waals surface area contributed by atoms with E-state index in [4.69, 9.17) is 4.52 Å². The van der Waals surface area contributed by atoms with Crippen molar-refractivity contribution in [1.82, 2.24) is 24.8 Å². The van der Waals surface area contributed by atoms with Crippen molar-refractivity contribution in [3.8, 4) is 0 Å². The number of hydrogen-bond donors (Lipinski definition) is 2. The van der Waals surface area contributed by atoms with Gasteiger partial charge in [-0.2, -0.15) is 4.98 Å². The van der Waals surface area contributed by atoms with Gasteiger partial charge in [-0.1, -0.05) is 5.16 Å².